The van der Waals surface area contributed by atoms with Crippen LogP contribution in [0.5, 0.6) is 0 Å². The van der Waals surface area contributed by atoms with E-state index in [1.54, 1.807) is 13.0 Å². The number of carbonyl (C=O) groups excluding carboxylic acids is 3. The highest BCUT2D eigenvalue weighted by Crippen LogP contribution is 2.31. The van der Waals surface area contributed by atoms with Crippen molar-refractivity contribution in [1.29, 1.82) is 0 Å². The zero-order valence-corrected chi connectivity index (χ0v) is 9.51. The van der Waals surface area contributed by atoms with Crippen LogP contribution in [0, 0.1) is 5.92 Å². The number of esters is 2. The number of ether oxygens (including phenoxy) is 2. The molecule has 0 radical (unpaired) electrons. The molecule has 1 unspecified atom stereocenters. The van der Waals surface area contributed by atoms with Gasteiger partial charge in [0.15, 0.2) is 11.9 Å². The van der Waals surface area contributed by atoms with Crippen molar-refractivity contribution < 1.29 is 23.9 Å². The average Bonchev–Trinajstić information content (AvgIpc) is 2.21. The van der Waals surface area contributed by atoms with Gasteiger partial charge in [-0.2, -0.15) is 0 Å². The summed E-state index contributed by atoms with van der Waals surface area (Å²) < 4.78 is 10.0. The summed E-state index contributed by atoms with van der Waals surface area (Å²) in [5.74, 6) is -1.64. The highest BCUT2D eigenvalue weighted by atomic mass is 16.6. The number of carbonyl (C=O) groups is 3. The average molecular weight is 236 g/mol. The second-order valence-electron chi connectivity index (χ2n) is 4.11. The molecule has 0 aromatic heterocycles. The highest BCUT2D eigenvalue weighted by Gasteiger charge is 2.43. The Morgan fingerprint density at radius 1 is 1.41 bits per heavy atom. The fourth-order valence-electron chi connectivity index (χ4n) is 2.05. The van der Waals surface area contributed by atoms with E-state index in [0.29, 0.717) is 0 Å². The Bertz CT molecular complexity index is 446. The molecule has 0 bridgehead atoms. The van der Waals surface area contributed by atoms with Gasteiger partial charge in [0.2, 0.25) is 6.10 Å². The van der Waals surface area contributed by atoms with Gasteiger partial charge in [-0.15, -0.1) is 0 Å². The predicted octanol–water partition coefficient (Wildman–Crippen LogP) is 0.545. The van der Waals surface area contributed by atoms with E-state index in [9.17, 15) is 14.4 Å². The lowest BCUT2D eigenvalue weighted by Crippen LogP contribution is -2.48. The lowest BCUT2D eigenvalue weighted by atomic mass is 9.83. The van der Waals surface area contributed by atoms with Crippen LogP contribution in [-0.4, -0.2) is 29.9 Å². The number of hydrogen-bond donors (Lipinski definition) is 0. The van der Waals surface area contributed by atoms with Crippen LogP contribution in [-0.2, 0) is 23.9 Å². The first-order chi connectivity index (χ1) is 7.99. The normalized spacial score (nSPS) is 31.4. The molecule has 0 spiro atoms. The molecule has 0 saturated heterocycles. The third-order valence-electron chi connectivity index (χ3n) is 2.82. The van der Waals surface area contributed by atoms with Gasteiger partial charge in [0.1, 0.15) is 0 Å². The van der Waals surface area contributed by atoms with E-state index in [4.69, 9.17) is 9.47 Å². The van der Waals surface area contributed by atoms with Crippen molar-refractivity contribution in [3.8, 4) is 0 Å². The van der Waals surface area contributed by atoms with Gasteiger partial charge in [-0.1, -0.05) is 11.6 Å². The molecule has 3 atom stereocenters. The third kappa shape index (κ3) is 2.13. The minimum Gasteiger partial charge on any atom is -0.454 e. The summed E-state index contributed by atoms with van der Waals surface area (Å²) in [5, 5.41) is 0. The number of hydrogen-bond acceptors (Lipinski definition) is 5. The maximum absolute atomic E-state index is 11.6. The number of ketones is 1. The first kappa shape index (κ1) is 11.6. The van der Waals surface area contributed by atoms with E-state index >= 15 is 0 Å². The lowest BCUT2D eigenvalue weighted by Gasteiger charge is -2.35. The topological polar surface area (TPSA) is 69.7 Å². The molecule has 5 heteroatoms. The summed E-state index contributed by atoms with van der Waals surface area (Å²) in [5.41, 5.74) is 0.798. The molecule has 90 valence electrons. The van der Waals surface area contributed by atoms with E-state index in [-0.39, 0.29) is 11.7 Å². The van der Waals surface area contributed by atoms with Crippen LogP contribution >= 0.6 is 0 Å². The Labute approximate surface area is 98.1 Å². The van der Waals surface area contributed by atoms with E-state index < -0.39 is 24.1 Å². The Morgan fingerprint density at radius 2 is 2.12 bits per heavy atom. The van der Waals surface area contributed by atoms with Gasteiger partial charge in [0, 0.05) is 18.9 Å². The van der Waals surface area contributed by atoms with Gasteiger partial charge in [-0.25, -0.2) is 4.79 Å². The molecule has 5 nitrogen and oxygen atoms in total. The molecular formula is C12H12O5. The Morgan fingerprint density at radius 3 is 2.76 bits per heavy atom. The first-order valence-electron chi connectivity index (χ1n) is 5.27. The Hall–Kier alpha value is -1.91. The van der Waals surface area contributed by atoms with Crippen LogP contribution in [0.3, 0.4) is 0 Å². The van der Waals surface area contributed by atoms with Crippen LogP contribution in [0.1, 0.15) is 13.8 Å². The summed E-state index contributed by atoms with van der Waals surface area (Å²) in [6.07, 6.45) is 2.65. The lowest BCUT2D eigenvalue weighted by molar-refractivity contribution is -0.171. The van der Waals surface area contributed by atoms with Gasteiger partial charge in [-0.05, 0) is 13.0 Å². The summed E-state index contributed by atoms with van der Waals surface area (Å²) in [7, 11) is 0. The molecule has 1 heterocycles. The molecule has 0 fully saturated rings. The summed E-state index contributed by atoms with van der Waals surface area (Å²) in [4.78, 5) is 33.9. The molecule has 17 heavy (non-hydrogen) atoms. The van der Waals surface area contributed by atoms with Crippen molar-refractivity contribution in [2.24, 2.45) is 5.92 Å². The summed E-state index contributed by atoms with van der Waals surface area (Å²) >= 11 is 0. The van der Waals surface area contributed by atoms with E-state index in [1.165, 1.54) is 19.1 Å². The van der Waals surface area contributed by atoms with Crippen LogP contribution in [0.2, 0.25) is 0 Å². The van der Waals surface area contributed by atoms with Crippen LogP contribution < -0.4 is 0 Å². The molecule has 0 aromatic carbocycles. The second kappa shape index (κ2) is 4.16. The van der Waals surface area contributed by atoms with E-state index in [2.05, 4.69) is 0 Å². The number of rotatable bonds is 1. The molecule has 0 saturated carbocycles. The first-order valence-corrected chi connectivity index (χ1v) is 5.27. The zero-order valence-electron chi connectivity index (χ0n) is 9.51. The maximum Gasteiger partial charge on any atom is 0.331 e. The van der Waals surface area contributed by atoms with Crippen molar-refractivity contribution in [1.82, 2.24) is 0 Å². The molecule has 2 aliphatic rings. The SMILES string of the molecule is CC(=O)OC1C(=O)C=C[C@H]2C(C)=CC(=O)O[C@@H]12. The second-order valence-corrected chi connectivity index (χ2v) is 4.11. The van der Waals surface area contributed by atoms with Gasteiger partial charge < -0.3 is 9.47 Å². The van der Waals surface area contributed by atoms with Gasteiger partial charge in [-0.3, -0.25) is 9.59 Å². The van der Waals surface area contributed by atoms with Crippen molar-refractivity contribution in [2.45, 2.75) is 26.1 Å². The zero-order chi connectivity index (χ0) is 12.6. The maximum atomic E-state index is 11.6. The molecule has 1 aliphatic carbocycles. The minimum atomic E-state index is -1.03. The highest BCUT2D eigenvalue weighted by molar-refractivity contribution is 5.97. The van der Waals surface area contributed by atoms with Gasteiger partial charge >= 0.3 is 11.9 Å². The molecule has 0 N–H and O–H groups in total. The number of fused-ring (bicyclic) bond motifs is 1. The largest absolute Gasteiger partial charge is 0.454 e. The van der Waals surface area contributed by atoms with Crippen molar-refractivity contribution in [3.63, 3.8) is 0 Å². The van der Waals surface area contributed by atoms with Crippen LogP contribution in [0.4, 0.5) is 0 Å². The smallest absolute Gasteiger partial charge is 0.331 e. The monoisotopic (exact) mass is 236 g/mol. The van der Waals surface area contributed by atoms with E-state index in [0.717, 1.165) is 5.57 Å². The minimum absolute atomic E-state index is 0.199. The molecule has 0 amide bonds. The quantitative estimate of drug-likeness (QED) is 0.622. The van der Waals surface area contributed by atoms with Crippen molar-refractivity contribution in [3.05, 3.63) is 23.8 Å². The fraction of sp³-hybridized carbons (Fsp3) is 0.417. The Balaban J connectivity index is 2.33. The third-order valence-corrected chi connectivity index (χ3v) is 2.82. The summed E-state index contributed by atoms with van der Waals surface area (Å²) in [6.45, 7) is 3.00. The van der Waals surface area contributed by atoms with Gasteiger partial charge in [0.05, 0.1) is 0 Å². The molecular weight excluding hydrogens is 224 g/mol. The predicted molar refractivity (Wildman–Crippen MR) is 56.8 cm³/mol. The summed E-state index contributed by atoms with van der Waals surface area (Å²) in [6, 6.07) is 0. The fourth-order valence-corrected chi connectivity index (χ4v) is 2.05. The standard InChI is InChI=1S/C12H12O5/c1-6-5-10(15)17-11-8(6)3-4-9(14)12(11)16-7(2)13/h3-5,8,11-12H,1-2H3/t8-,11+,12?/m0/s1. The molecule has 0 aromatic rings. The van der Waals surface area contributed by atoms with Crippen LogP contribution in [0.25, 0.3) is 0 Å². The van der Waals surface area contributed by atoms with Gasteiger partial charge in [0.25, 0.3) is 0 Å². The van der Waals surface area contributed by atoms with Crippen molar-refractivity contribution >= 4 is 17.7 Å². The Kier molecular flexibility index (Phi) is 2.83. The molecule has 2 rings (SSSR count). The van der Waals surface area contributed by atoms with Crippen LogP contribution in [0.15, 0.2) is 23.8 Å². The van der Waals surface area contributed by atoms with E-state index in [1.807, 2.05) is 0 Å². The van der Waals surface area contributed by atoms with Crippen molar-refractivity contribution in [2.75, 3.05) is 0 Å². The molecule has 1 aliphatic heterocycles.